The number of nitrogens with one attached hydrogen (secondary N) is 1. The summed E-state index contributed by atoms with van der Waals surface area (Å²) in [6, 6.07) is 23.7. The zero-order valence-corrected chi connectivity index (χ0v) is 18.3. The number of esters is 1. The van der Waals surface area contributed by atoms with E-state index in [-0.39, 0.29) is 21.9 Å². The lowest BCUT2D eigenvalue weighted by molar-refractivity contribution is -0.385. The van der Waals surface area contributed by atoms with Gasteiger partial charge in [-0.15, -0.1) is 0 Å². The number of sulfonamides is 1. The standard InChI is InChI=1S/C24H17N3O6S/c28-24(22-7-3-4-8-23(22)27(29)30)33-20-12-9-17(10-13-20)16-25-26-34(31,32)21-14-11-18-5-1-2-6-19(18)15-21/h1-16,26H/b25-16+. The maximum absolute atomic E-state index is 12.5. The van der Waals surface area contributed by atoms with Crippen LogP contribution in [-0.4, -0.2) is 25.5 Å². The SMILES string of the molecule is O=C(Oc1ccc(/C=N/NS(=O)(=O)c2ccc3ccccc3c2)cc1)c1ccccc1[N+](=O)[O-]. The fourth-order valence-electron chi connectivity index (χ4n) is 3.15. The van der Waals surface area contributed by atoms with Crippen molar-refractivity contribution in [3.63, 3.8) is 0 Å². The quantitative estimate of drug-likeness (QED) is 0.140. The number of hydrazone groups is 1. The number of nitrogens with zero attached hydrogens (tertiary/aromatic N) is 2. The summed E-state index contributed by atoms with van der Waals surface area (Å²) < 4.78 is 30.2. The Kier molecular flexibility index (Phi) is 6.33. The van der Waals surface area contributed by atoms with E-state index < -0.39 is 20.9 Å². The van der Waals surface area contributed by atoms with Crippen LogP contribution in [0.3, 0.4) is 0 Å². The zero-order valence-electron chi connectivity index (χ0n) is 17.5. The van der Waals surface area contributed by atoms with Gasteiger partial charge in [0.15, 0.2) is 0 Å². The van der Waals surface area contributed by atoms with Crippen molar-refractivity contribution in [2.24, 2.45) is 5.10 Å². The highest BCUT2D eigenvalue weighted by molar-refractivity contribution is 7.89. The zero-order chi connectivity index (χ0) is 24.1. The molecule has 0 amide bonds. The Bertz CT molecular complexity index is 1520. The number of hydrogen-bond acceptors (Lipinski definition) is 7. The molecule has 0 aliphatic carbocycles. The van der Waals surface area contributed by atoms with Crippen LogP contribution in [0.1, 0.15) is 15.9 Å². The third-order valence-corrected chi connectivity index (χ3v) is 6.05. The molecule has 0 bridgehead atoms. The molecule has 0 spiro atoms. The Hall–Kier alpha value is -4.57. The van der Waals surface area contributed by atoms with Crippen molar-refractivity contribution in [3.8, 4) is 5.75 Å². The number of carbonyl (C=O) groups is 1. The van der Waals surface area contributed by atoms with Gasteiger partial charge in [0.2, 0.25) is 0 Å². The molecule has 10 heteroatoms. The molecule has 0 radical (unpaired) electrons. The Labute approximate surface area is 194 Å². The van der Waals surface area contributed by atoms with E-state index in [1.54, 1.807) is 24.3 Å². The summed E-state index contributed by atoms with van der Waals surface area (Å²) >= 11 is 0. The van der Waals surface area contributed by atoms with Gasteiger partial charge in [-0.2, -0.15) is 13.5 Å². The molecule has 0 saturated heterocycles. The third-order valence-electron chi connectivity index (χ3n) is 4.83. The van der Waals surface area contributed by atoms with E-state index in [4.69, 9.17) is 4.74 Å². The van der Waals surface area contributed by atoms with Crippen molar-refractivity contribution in [1.82, 2.24) is 4.83 Å². The lowest BCUT2D eigenvalue weighted by Gasteiger charge is -2.06. The van der Waals surface area contributed by atoms with Crippen LogP contribution in [-0.2, 0) is 10.0 Å². The number of nitro benzene ring substituents is 1. The number of carbonyl (C=O) groups excluding carboxylic acids is 1. The molecule has 0 saturated carbocycles. The molecule has 4 aromatic carbocycles. The van der Waals surface area contributed by atoms with Gasteiger partial charge in [0.25, 0.3) is 15.7 Å². The van der Waals surface area contributed by atoms with Gasteiger partial charge in [0, 0.05) is 6.07 Å². The van der Waals surface area contributed by atoms with Crippen LogP contribution in [0.2, 0.25) is 0 Å². The number of nitro groups is 1. The highest BCUT2D eigenvalue weighted by Crippen LogP contribution is 2.21. The molecule has 1 N–H and O–H groups in total. The first kappa shape index (κ1) is 22.6. The molecule has 170 valence electrons. The summed E-state index contributed by atoms with van der Waals surface area (Å²) in [5.41, 5.74) is 0.0166. The number of ether oxygens (including phenoxy) is 1. The van der Waals surface area contributed by atoms with Crippen LogP contribution in [0.25, 0.3) is 10.8 Å². The molecule has 0 heterocycles. The van der Waals surface area contributed by atoms with Crippen molar-refractivity contribution >= 4 is 38.7 Å². The normalized spacial score (nSPS) is 11.4. The smallest absolute Gasteiger partial charge is 0.350 e. The fourth-order valence-corrected chi connectivity index (χ4v) is 3.97. The Morgan fingerprint density at radius 1 is 0.912 bits per heavy atom. The van der Waals surface area contributed by atoms with Gasteiger partial charge in [0.05, 0.1) is 16.0 Å². The first-order chi connectivity index (χ1) is 16.3. The van der Waals surface area contributed by atoms with E-state index >= 15 is 0 Å². The van der Waals surface area contributed by atoms with E-state index in [2.05, 4.69) is 9.93 Å². The highest BCUT2D eigenvalue weighted by atomic mass is 32.2. The monoisotopic (exact) mass is 475 g/mol. The van der Waals surface area contributed by atoms with Gasteiger partial charge >= 0.3 is 5.97 Å². The largest absolute Gasteiger partial charge is 0.423 e. The molecule has 4 aromatic rings. The average Bonchev–Trinajstić information content (AvgIpc) is 2.84. The maximum atomic E-state index is 12.5. The third kappa shape index (κ3) is 5.08. The van der Waals surface area contributed by atoms with Crippen molar-refractivity contribution in [3.05, 3.63) is 112 Å². The second kappa shape index (κ2) is 9.51. The summed E-state index contributed by atoms with van der Waals surface area (Å²) in [6.07, 6.45) is 1.30. The number of fused-ring (bicyclic) bond motifs is 1. The second-order valence-corrected chi connectivity index (χ2v) is 8.76. The van der Waals surface area contributed by atoms with Crippen LogP contribution in [0.4, 0.5) is 5.69 Å². The van der Waals surface area contributed by atoms with Crippen molar-refractivity contribution < 1.29 is 22.9 Å². The molecule has 0 aromatic heterocycles. The minimum absolute atomic E-state index is 0.0839. The predicted octanol–water partition coefficient (Wildman–Crippen LogP) is 4.28. The van der Waals surface area contributed by atoms with Crippen molar-refractivity contribution in [1.29, 1.82) is 0 Å². The van der Waals surface area contributed by atoms with Crippen LogP contribution in [0, 0.1) is 10.1 Å². The molecule has 0 aliphatic heterocycles. The molecule has 0 aliphatic rings. The lowest BCUT2D eigenvalue weighted by atomic mass is 10.1. The van der Waals surface area contributed by atoms with Gasteiger partial charge in [-0.1, -0.05) is 42.5 Å². The van der Waals surface area contributed by atoms with E-state index in [0.29, 0.717) is 5.56 Å². The molecule has 0 atom stereocenters. The topological polar surface area (TPSA) is 128 Å². The van der Waals surface area contributed by atoms with Crippen molar-refractivity contribution in [2.45, 2.75) is 4.90 Å². The Morgan fingerprint density at radius 3 is 2.32 bits per heavy atom. The predicted molar refractivity (Wildman–Crippen MR) is 126 cm³/mol. The molecule has 0 fully saturated rings. The Balaban J connectivity index is 1.41. The van der Waals surface area contributed by atoms with Gasteiger partial charge in [0.1, 0.15) is 11.3 Å². The first-order valence-electron chi connectivity index (χ1n) is 9.93. The maximum Gasteiger partial charge on any atom is 0.350 e. The fraction of sp³-hybridized carbons (Fsp3) is 0. The molecular formula is C24H17N3O6S. The highest BCUT2D eigenvalue weighted by Gasteiger charge is 2.21. The average molecular weight is 475 g/mol. The summed E-state index contributed by atoms with van der Waals surface area (Å²) in [5, 5.41) is 16.6. The van der Waals surface area contributed by atoms with Gasteiger partial charge < -0.3 is 4.74 Å². The Morgan fingerprint density at radius 2 is 1.59 bits per heavy atom. The van der Waals surface area contributed by atoms with Crippen LogP contribution < -0.4 is 9.57 Å². The van der Waals surface area contributed by atoms with E-state index in [1.807, 2.05) is 24.3 Å². The number of benzene rings is 4. The first-order valence-corrected chi connectivity index (χ1v) is 11.4. The van der Waals surface area contributed by atoms with Crippen LogP contribution in [0.5, 0.6) is 5.75 Å². The minimum Gasteiger partial charge on any atom is -0.423 e. The number of rotatable bonds is 7. The van der Waals surface area contributed by atoms with Crippen molar-refractivity contribution in [2.75, 3.05) is 0 Å². The molecule has 0 unspecified atom stereocenters. The lowest BCUT2D eigenvalue weighted by Crippen LogP contribution is -2.18. The number of para-hydroxylation sites is 1. The van der Waals surface area contributed by atoms with E-state index in [0.717, 1.165) is 10.8 Å². The second-order valence-electron chi connectivity index (χ2n) is 7.09. The molecule has 4 rings (SSSR count). The van der Waals surface area contributed by atoms with Gasteiger partial charge in [-0.3, -0.25) is 10.1 Å². The summed E-state index contributed by atoms with van der Waals surface area (Å²) in [6.45, 7) is 0. The van der Waals surface area contributed by atoms with E-state index in [1.165, 1.54) is 48.7 Å². The number of hydrogen-bond donors (Lipinski definition) is 1. The van der Waals surface area contributed by atoms with E-state index in [9.17, 15) is 23.3 Å². The van der Waals surface area contributed by atoms with Crippen LogP contribution in [0.15, 0.2) is 101 Å². The molecule has 34 heavy (non-hydrogen) atoms. The van der Waals surface area contributed by atoms with Crippen LogP contribution >= 0.6 is 0 Å². The molecule has 9 nitrogen and oxygen atoms in total. The van der Waals surface area contributed by atoms with Gasteiger partial charge in [-0.25, -0.2) is 9.63 Å². The summed E-state index contributed by atoms with van der Waals surface area (Å²) in [4.78, 5) is 25.0. The summed E-state index contributed by atoms with van der Waals surface area (Å²) in [7, 11) is -3.86. The van der Waals surface area contributed by atoms with Gasteiger partial charge in [-0.05, 0) is 58.8 Å². The molecular weight excluding hydrogens is 458 g/mol. The minimum atomic E-state index is -3.86. The summed E-state index contributed by atoms with van der Waals surface area (Å²) in [5.74, 6) is -0.700.